The predicted octanol–water partition coefficient (Wildman–Crippen LogP) is 6.30. The van der Waals surface area contributed by atoms with Crippen LogP contribution in [0.1, 0.15) is 5.56 Å². The summed E-state index contributed by atoms with van der Waals surface area (Å²) in [6.07, 6.45) is 0. The van der Waals surface area contributed by atoms with Crippen LogP contribution in [0.25, 0.3) is 33.5 Å². The van der Waals surface area contributed by atoms with Crippen LogP contribution in [0.4, 0.5) is 5.82 Å². The van der Waals surface area contributed by atoms with Gasteiger partial charge in [0.25, 0.3) is 0 Å². The van der Waals surface area contributed by atoms with E-state index >= 15 is 0 Å². The summed E-state index contributed by atoms with van der Waals surface area (Å²) in [6.45, 7) is 0. The van der Waals surface area contributed by atoms with E-state index in [4.69, 9.17) is 5.73 Å². The Labute approximate surface area is 172 Å². The van der Waals surface area contributed by atoms with Gasteiger partial charge in [0.05, 0.1) is 5.69 Å². The Morgan fingerprint density at radius 3 is 2.07 bits per heavy atom. The zero-order valence-electron chi connectivity index (χ0n) is 14.9. The fourth-order valence-electron chi connectivity index (χ4n) is 3.18. The molecule has 0 aliphatic rings. The number of aromatic nitrogens is 1. The largest absolute Gasteiger partial charge is 0.383 e. The number of nitriles is 1. The van der Waals surface area contributed by atoms with Crippen molar-refractivity contribution in [3.05, 3.63) is 95.0 Å². The first-order valence-corrected chi connectivity index (χ1v) is 9.57. The monoisotopic (exact) mass is 425 g/mol. The van der Waals surface area contributed by atoms with Crippen LogP contribution in [-0.2, 0) is 0 Å². The molecule has 0 spiro atoms. The molecule has 0 radical (unpaired) electrons. The lowest BCUT2D eigenvalue weighted by Gasteiger charge is -2.11. The number of nitrogen functional groups attached to an aromatic ring is 1. The second kappa shape index (κ2) is 7.67. The summed E-state index contributed by atoms with van der Waals surface area (Å²) in [5.41, 5.74) is 12.2. The van der Waals surface area contributed by atoms with Gasteiger partial charge in [-0.15, -0.1) is 0 Å². The third-order valence-electron chi connectivity index (χ3n) is 4.58. The van der Waals surface area contributed by atoms with Crippen molar-refractivity contribution in [2.24, 2.45) is 0 Å². The number of hydrogen-bond acceptors (Lipinski definition) is 3. The Hall–Kier alpha value is -3.42. The van der Waals surface area contributed by atoms with Gasteiger partial charge in [-0.25, -0.2) is 4.98 Å². The quantitative estimate of drug-likeness (QED) is 0.418. The summed E-state index contributed by atoms with van der Waals surface area (Å²) >= 11 is 3.49. The average molecular weight is 426 g/mol. The molecule has 134 valence electrons. The van der Waals surface area contributed by atoms with Crippen molar-refractivity contribution in [3.8, 4) is 39.6 Å². The molecule has 28 heavy (non-hydrogen) atoms. The van der Waals surface area contributed by atoms with E-state index in [0.29, 0.717) is 5.56 Å². The molecule has 3 nitrogen and oxygen atoms in total. The highest BCUT2D eigenvalue weighted by atomic mass is 79.9. The van der Waals surface area contributed by atoms with Crippen molar-refractivity contribution in [1.82, 2.24) is 4.98 Å². The SMILES string of the molecule is N#Cc1c(-c2cccc(Br)c2)cc(-c2ccc(-c3ccccc3)cc2)nc1N. The second-order valence-electron chi connectivity index (χ2n) is 6.38. The first-order valence-electron chi connectivity index (χ1n) is 8.78. The Kier molecular flexibility index (Phi) is 4.92. The van der Waals surface area contributed by atoms with Crippen molar-refractivity contribution in [2.45, 2.75) is 0 Å². The zero-order chi connectivity index (χ0) is 19.5. The summed E-state index contributed by atoms with van der Waals surface area (Å²) < 4.78 is 0.943. The maximum Gasteiger partial charge on any atom is 0.142 e. The first kappa shape index (κ1) is 18.0. The molecule has 0 aliphatic heterocycles. The number of halogens is 1. The van der Waals surface area contributed by atoms with Gasteiger partial charge >= 0.3 is 0 Å². The molecule has 0 unspecified atom stereocenters. The van der Waals surface area contributed by atoms with E-state index in [1.807, 2.05) is 60.7 Å². The highest BCUT2D eigenvalue weighted by Gasteiger charge is 2.14. The van der Waals surface area contributed by atoms with Crippen LogP contribution in [-0.4, -0.2) is 4.98 Å². The van der Waals surface area contributed by atoms with Gasteiger partial charge in [0.15, 0.2) is 0 Å². The summed E-state index contributed by atoms with van der Waals surface area (Å²) in [5.74, 6) is 0.238. The molecular formula is C24H16BrN3. The van der Waals surface area contributed by atoms with E-state index in [2.05, 4.69) is 51.2 Å². The van der Waals surface area contributed by atoms with Gasteiger partial charge in [-0.2, -0.15) is 5.26 Å². The molecule has 0 bridgehead atoms. The molecule has 1 heterocycles. The predicted molar refractivity (Wildman–Crippen MR) is 117 cm³/mol. The van der Waals surface area contributed by atoms with Crippen LogP contribution in [0.15, 0.2) is 89.4 Å². The minimum atomic E-state index is 0.238. The van der Waals surface area contributed by atoms with Crippen molar-refractivity contribution >= 4 is 21.7 Å². The molecule has 0 fully saturated rings. The molecule has 1 aromatic heterocycles. The van der Waals surface area contributed by atoms with E-state index in [1.54, 1.807) is 0 Å². The van der Waals surface area contributed by atoms with Crippen LogP contribution in [0.3, 0.4) is 0 Å². The van der Waals surface area contributed by atoms with Gasteiger partial charge in [0.1, 0.15) is 17.5 Å². The van der Waals surface area contributed by atoms with Gasteiger partial charge in [-0.1, -0.05) is 82.7 Å². The lowest BCUT2D eigenvalue weighted by Crippen LogP contribution is -1.99. The van der Waals surface area contributed by atoms with Crippen LogP contribution >= 0.6 is 15.9 Å². The van der Waals surface area contributed by atoms with E-state index in [0.717, 1.165) is 38.0 Å². The Morgan fingerprint density at radius 1 is 0.750 bits per heavy atom. The smallest absolute Gasteiger partial charge is 0.142 e. The molecule has 4 heteroatoms. The first-order chi connectivity index (χ1) is 13.7. The Morgan fingerprint density at radius 2 is 1.39 bits per heavy atom. The molecule has 0 atom stereocenters. The molecule has 3 aromatic carbocycles. The van der Waals surface area contributed by atoms with Gasteiger partial charge in [-0.05, 0) is 34.9 Å². The molecule has 2 N–H and O–H groups in total. The number of anilines is 1. The van der Waals surface area contributed by atoms with Crippen molar-refractivity contribution in [1.29, 1.82) is 5.26 Å². The number of nitrogens with zero attached hydrogens (tertiary/aromatic N) is 2. The normalized spacial score (nSPS) is 10.4. The van der Waals surface area contributed by atoms with Gasteiger partial charge in [0.2, 0.25) is 0 Å². The third kappa shape index (κ3) is 3.53. The van der Waals surface area contributed by atoms with Crippen molar-refractivity contribution in [3.63, 3.8) is 0 Å². The van der Waals surface area contributed by atoms with Crippen LogP contribution in [0.2, 0.25) is 0 Å². The van der Waals surface area contributed by atoms with E-state index in [-0.39, 0.29) is 5.82 Å². The molecule has 4 rings (SSSR count). The summed E-state index contributed by atoms with van der Waals surface area (Å²) in [4.78, 5) is 4.47. The van der Waals surface area contributed by atoms with Gasteiger partial charge < -0.3 is 5.73 Å². The van der Waals surface area contributed by atoms with E-state index < -0.39 is 0 Å². The van der Waals surface area contributed by atoms with E-state index in [1.165, 1.54) is 0 Å². The molecule has 0 saturated heterocycles. The lowest BCUT2D eigenvalue weighted by molar-refractivity contribution is 1.31. The number of hydrogen-bond donors (Lipinski definition) is 1. The zero-order valence-corrected chi connectivity index (χ0v) is 16.5. The maximum absolute atomic E-state index is 9.57. The molecule has 0 saturated carbocycles. The summed E-state index contributed by atoms with van der Waals surface area (Å²) in [6, 6.07) is 30.3. The summed E-state index contributed by atoms with van der Waals surface area (Å²) in [7, 11) is 0. The highest BCUT2D eigenvalue weighted by molar-refractivity contribution is 9.10. The molecule has 4 aromatic rings. The van der Waals surface area contributed by atoms with E-state index in [9.17, 15) is 5.26 Å². The minimum absolute atomic E-state index is 0.238. The Bertz CT molecular complexity index is 1180. The molecular weight excluding hydrogens is 410 g/mol. The number of benzene rings is 3. The molecule has 0 aliphatic carbocycles. The second-order valence-corrected chi connectivity index (χ2v) is 7.30. The average Bonchev–Trinajstić information content (AvgIpc) is 2.74. The number of rotatable bonds is 3. The lowest BCUT2D eigenvalue weighted by atomic mass is 9.97. The topological polar surface area (TPSA) is 62.7 Å². The van der Waals surface area contributed by atoms with Crippen molar-refractivity contribution < 1.29 is 0 Å². The minimum Gasteiger partial charge on any atom is -0.383 e. The number of pyridine rings is 1. The number of nitrogens with two attached hydrogens (primary N) is 1. The molecule has 0 amide bonds. The van der Waals surface area contributed by atoms with Crippen LogP contribution < -0.4 is 5.73 Å². The Balaban J connectivity index is 1.80. The van der Waals surface area contributed by atoms with Gasteiger partial charge in [0, 0.05) is 15.6 Å². The third-order valence-corrected chi connectivity index (χ3v) is 5.08. The standard InChI is InChI=1S/C24H16BrN3/c25-20-8-4-7-19(13-20)21-14-23(28-24(27)22(21)15-26)18-11-9-17(10-12-18)16-5-2-1-3-6-16/h1-14H,(H2,27,28). The van der Waals surface area contributed by atoms with Crippen LogP contribution in [0.5, 0.6) is 0 Å². The fourth-order valence-corrected chi connectivity index (χ4v) is 3.58. The van der Waals surface area contributed by atoms with Crippen molar-refractivity contribution in [2.75, 3.05) is 5.73 Å². The van der Waals surface area contributed by atoms with Crippen LogP contribution in [0, 0.1) is 11.3 Å². The maximum atomic E-state index is 9.57. The highest BCUT2D eigenvalue weighted by Crippen LogP contribution is 2.33. The fraction of sp³-hybridized carbons (Fsp3) is 0. The summed E-state index contributed by atoms with van der Waals surface area (Å²) in [5, 5.41) is 9.57. The van der Waals surface area contributed by atoms with Gasteiger partial charge in [-0.3, -0.25) is 0 Å².